The minimum atomic E-state index is -0.464. The molecule has 0 saturated carbocycles. The molecule has 1 aromatic carbocycles. The van der Waals surface area contributed by atoms with Crippen LogP contribution in [-0.2, 0) is 11.3 Å². The topological polar surface area (TPSA) is 47.4 Å². The van der Waals surface area contributed by atoms with Crippen molar-refractivity contribution in [2.75, 3.05) is 13.6 Å². The number of fused-ring (bicyclic) bond motifs is 1. The quantitative estimate of drug-likeness (QED) is 0.818. The number of nitrogens with zero attached hydrogens (tertiary/aromatic N) is 3. The van der Waals surface area contributed by atoms with E-state index < -0.39 is 5.60 Å². The molecule has 0 spiro atoms. The van der Waals surface area contributed by atoms with E-state index in [1.807, 2.05) is 49.8 Å². The summed E-state index contributed by atoms with van der Waals surface area (Å²) < 4.78 is 8.32. The third kappa shape index (κ3) is 4.22. The zero-order valence-corrected chi connectivity index (χ0v) is 15.1. The van der Waals surface area contributed by atoms with Crippen molar-refractivity contribution >= 4 is 32.9 Å². The van der Waals surface area contributed by atoms with Crippen molar-refractivity contribution in [2.45, 2.75) is 39.3 Å². The first-order valence-electron chi connectivity index (χ1n) is 7.32. The number of aromatic nitrogens is 2. The van der Waals surface area contributed by atoms with Gasteiger partial charge in [0.15, 0.2) is 0 Å². The zero-order chi connectivity index (χ0) is 16.3. The van der Waals surface area contributed by atoms with Gasteiger partial charge in [-0.2, -0.15) is 5.10 Å². The fourth-order valence-corrected chi connectivity index (χ4v) is 2.74. The van der Waals surface area contributed by atoms with Crippen molar-refractivity contribution in [3.63, 3.8) is 0 Å². The van der Waals surface area contributed by atoms with Crippen LogP contribution in [0.15, 0.2) is 28.9 Å². The maximum absolute atomic E-state index is 11.9. The Hall–Kier alpha value is -1.56. The zero-order valence-electron chi connectivity index (χ0n) is 13.5. The number of rotatable bonds is 4. The first-order chi connectivity index (χ1) is 10.3. The van der Waals surface area contributed by atoms with E-state index >= 15 is 0 Å². The highest BCUT2D eigenvalue weighted by Crippen LogP contribution is 2.23. The van der Waals surface area contributed by atoms with E-state index in [0.717, 1.165) is 28.3 Å². The Labute approximate surface area is 139 Å². The van der Waals surface area contributed by atoms with Crippen molar-refractivity contribution in [1.29, 1.82) is 0 Å². The predicted molar refractivity (Wildman–Crippen MR) is 90.9 cm³/mol. The van der Waals surface area contributed by atoms with Crippen LogP contribution in [0.4, 0.5) is 4.79 Å². The normalized spacial score (nSPS) is 11.7. The number of hydrogen-bond donors (Lipinski definition) is 0. The highest BCUT2D eigenvalue weighted by atomic mass is 79.9. The average Bonchev–Trinajstić information content (AvgIpc) is 2.81. The maximum atomic E-state index is 11.9. The molecule has 5 nitrogen and oxygen atoms in total. The summed E-state index contributed by atoms with van der Waals surface area (Å²) in [6.07, 6.45) is 2.38. The molecule has 1 amide bonds. The SMILES string of the molecule is CN(CCCn1ncc2cccc(Br)c21)C(=O)OC(C)(C)C. The summed E-state index contributed by atoms with van der Waals surface area (Å²) in [5.74, 6) is 0. The van der Waals surface area contributed by atoms with E-state index in [9.17, 15) is 4.79 Å². The van der Waals surface area contributed by atoms with E-state index in [4.69, 9.17) is 4.74 Å². The molecule has 22 heavy (non-hydrogen) atoms. The average molecular weight is 368 g/mol. The molecule has 0 aliphatic carbocycles. The van der Waals surface area contributed by atoms with Crippen molar-refractivity contribution in [1.82, 2.24) is 14.7 Å². The first-order valence-corrected chi connectivity index (χ1v) is 8.11. The van der Waals surface area contributed by atoms with Crippen molar-refractivity contribution in [2.24, 2.45) is 0 Å². The molecule has 0 aliphatic rings. The van der Waals surface area contributed by atoms with Crippen LogP contribution in [0.25, 0.3) is 10.9 Å². The van der Waals surface area contributed by atoms with Gasteiger partial charge in [0, 0.05) is 30.0 Å². The van der Waals surface area contributed by atoms with Crippen LogP contribution in [0.5, 0.6) is 0 Å². The number of carbonyl (C=O) groups is 1. The molecule has 2 rings (SSSR count). The van der Waals surface area contributed by atoms with E-state index in [0.29, 0.717) is 6.54 Å². The molecule has 0 fully saturated rings. The number of para-hydroxylation sites is 1. The van der Waals surface area contributed by atoms with Crippen LogP contribution in [0.1, 0.15) is 27.2 Å². The van der Waals surface area contributed by atoms with Crippen molar-refractivity contribution in [3.8, 4) is 0 Å². The third-order valence-corrected chi connectivity index (χ3v) is 3.82. The summed E-state index contributed by atoms with van der Waals surface area (Å²) in [5.41, 5.74) is 0.622. The molecule has 0 atom stereocenters. The van der Waals surface area contributed by atoms with Gasteiger partial charge in [-0.25, -0.2) is 4.79 Å². The molecule has 0 bridgehead atoms. The number of hydrogen-bond acceptors (Lipinski definition) is 3. The molecule has 0 aliphatic heterocycles. The maximum Gasteiger partial charge on any atom is 0.410 e. The minimum Gasteiger partial charge on any atom is -0.444 e. The summed E-state index contributed by atoms with van der Waals surface area (Å²) in [6, 6.07) is 6.04. The molecule has 1 aromatic heterocycles. The second-order valence-corrected chi connectivity index (χ2v) is 7.16. The Morgan fingerprint density at radius 1 is 1.41 bits per heavy atom. The standard InChI is InChI=1S/C16H22BrN3O2/c1-16(2,3)22-15(21)19(4)9-6-10-20-14-12(11-18-20)7-5-8-13(14)17/h5,7-8,11H,6,9-10H2,1-4H3. The van der Waals surface area contributed by atoms with Gasteiger partial charge in [0.25, 0.3) is 0 Å². The second-order valence-electron chi connectivity index (χ2n) is 6.30. The Balaban J connectivity index is 1.92. The Kier molecular flexibility index (Phi) is 5.11. The molecule has 6 heteroatoms. The second kappa shape index (κ2) is 6.69. The summed E-state index contributed by atoms with van der Waals surface area (Å²) in [4.78, 5) is 13.5. The van der Waals surface area contributed by atoms with Crippen LogP contribution < -0.4 is 0 Å². The predicted octanol–water partition coefficient (Wildman–Crippen LogP) is 4.06. The van der Waals surface area contributed by atoms with Crippen LogP contribution in [0.2, 0.25) is 0 Å². The lowest BCUT2D eigenvalue weighted by Gasteiger charge is -2.24. The van der Waals surface area contributed by atoms with Gasteiger partial charge >= 0.3 is 6.09 Å². The van der Waals surface area contributed by atoms with Gasteiger partial charge in [0.2, 0.25) is 0 Å². The van der Waals surface area contributed by atoms with Gasteiger partial charge in [-0.15, -0.1) is 0 Å². The van der Waals surface area contributed by atoms with Gasteiger partial charge < -0.3 is 9.64 Å². The monoisotopic (exact) mass is 367 g/mol. The molecular weight excluding hydrogens is 346 g/mol. The summed E-state index contributed by atoms with van der Waals surface area (Å²) >= 11 is 3.56. The van der Waals surface area contributed by atoms with Crippen molar-refractivity contribution < 1.29 is 9.53 Å². The Morgan fingerprint density at radius 3 is 2.82 bits per heavy atom. The number of ether oxygens (including phenoxy) is 1. The molecule has 120 valence electrons. The highest BCUT2D eigenvalue weighted by molar-refractivity contribution is 9.10. The minimum absolute atomic E-state index is 0.293. The molecule has 1 heterocycles. The van der Waals surface area contributed by atoms with Gasteiger partial charge in [-0.1, -0.05) is 12.1 Å². The number of benzene rings is 1. The molecule has 2 aromatic rings. The smallest absolute Gasteiger partial charge is 0.410 e. The molecular formula is C16H22BrN3O2. The van der Waals surface area contributed by atoms with E-state index in [2.05, 4.69) is 21.0 Å². The first kappa shape index (κ1) is 16.8. The highest BCUT2D eigenvalue weighted by Gasteiger charge is 2.19. The van der Waals surface area contributed by atoms with Crippen LogP contribution in [-0.4, -0.2) is 40.0 Å². The van der Waals surface area contributed by atoms with Gasteiger partial charge in [-0.05, 0) is 49.2 Å². The van der Waals surface area contributed by atoms with E-state index in [-0.39, 0.29) is 6.09 Å². The lowest BCUT2D eigenvalue weighted by Crippen LogP contribution is -2.35. The van der Waals surface area contributed by atoms with Crippen LogP contribution >= 0.6 is 15.9 Å². The number of amides is 1. The molecule has 0 radical (unpaired) electrons. The Bertz CT molecular complexity index is 661. The summed E-state index contributed by atoms with van der Waals surface area (Å²) in [6.45, 7) is 6.98. The molecule has 0 unspecified atom stereocenters. The Morgan fingerprint density at radius 2 is 2.14 bits per heavy atom. The van der Waals surface area contributed by atoms with Crippen LogP contribution in [0, 0.1) is 0 Å². The lowest BCUT2D eigenvalue weighted by molar-refractivity contribution is 0.0295. The van der Waals surface area contributed by atoms with Gasteiger partial charge in [-0.3, -0.25) is 4.68 Å². The number of halogens is 1. The van der Waals surface area contributed by atoms with Gasteiger partial charge in [0.1, 0.15) is 5.60 Å². The van der Waals surface area contributed by atoms with Crippen molar-refractivity contribution in [3.05, 3.63) is 28.9 Å². The molecule has 0 saturated heterocycles. The van der Waals surface area contributed by atoms with E-state index in [1.165, 1.54) is 0 Å². The lowest BCUT2D eigenvalue weighted by atomic mass is 10.2. The van der Waals surface area contributed by atoms with Gasteiger partial charge in [0.05, 0.1) is 11.7 Å². The van der Waals surface area contributed by atoms with E-state index in [1.54, 1.807) is 11.9 Å². The third-order valence-electron chi connectivity index (χ3n) is 3.18. The number of aryl methyl sites for hydroxylation is 1. The molecule has 0 N–H and O–H groups in total. The fraction of sp³-hybridized carbons (Fsp3) is 0.500. The summed E-state index contributed by atoms with van der Waals surface area (Å²) in [7, 11) is 1.76. The largest absolute Gasteiger partial charge is 0.444 e. The van der Waals surface area contributed by atoms with Crippen LogP contribution in [0.3, 0.4) is 0 Å². The fourth-order valence-electron chi connectivity index (χ4n) is 2.16. The summed E-state index contributed by atoms with van der Waals surface area (Å²) in [5, 5.41) is 5.52. The number of carbonyl (C=O) groups excluding carboxylic acids is 1.